The van der Waals surface area contributed by atoms with E-state index in [9.17, 15) is 9.18 Å². The molecular formula is C24H35FN6O3Si. The van der Waals surface area contributed by atoms with Crippen LogP contribution in [0.25, 0.3) is 22.3 Å². The number of aromatic nitrogens is 5. The zero-order valence-corrected chi connectivity index (χ0v) is 22.4. The topological polar surface area (TPSA) is 87.3 Å². The molecule has 1 amide bonds. The highest BCUT2D eigenvalue weighted by molar-refractivity contribution is 6.76. The summed E-state index contributed by atoms with van der Waals surface area (Å²) < 4.78 is 29.0. The summed E-state index contributed by atoms with van der Waals surface area (Å²) in [5.74, 6) is 0. The van der Waals surface area contributed by atoms with Crippen molar-refractivity contribution in [3.8, 4) is 11.3 Å². The second kappa shape index (κ2) is 9.34. The normalized spacial score (nSPS) is 15.9. The van der Waals surface area contributed by atoms with Gasteiger partial charge < -0.3 is 18.9 Å². The number of likely N-dealkylation sites (tertiary alicyclic amines) is 1. The lowest BCUT2D eigenvalue weighted by Gasteiger charge is -2.48. The van der Waals surface area contributed by atoms with Crippen LogP contribution in [-0.2, 0) is 21.7 Å². The van der Waals surface area contributed by atoms with Crippen molar-refractivity contribution in [2.24, 2.45) is 0 Å². The van der Waals surface area contributed by atoms with E-state index in [-0.39, 0.29) is 13.1 Å². The van der Waals surface area contributed by atoms with Crippen molar-refractivity contribution < 1.29 is 18.7 Å². The molecule has 0 atom stereocenters. The predicted molar refractivity (Wildman–Crippen MR) is 135 cm³/mol. The van der Waals surface area contributed by atoms with Crippen molar-refractivity contribution in [1.82, 2.24) is 29.2 Å². The molecule has 0 bridgehead atoms. The third-order valence-electron chi connectivity index (χ3n) is 6.00. The fourth-order valence-corrected chi connectivity index (χ4v) is 4.75. The van der Waals surface area contributed by atoms with Gasteiger partial charge in [0.15, 0.2) is 0 Å². The van der Waals surface area contributed by atoms with Crippen molar-refractivity contribution in [3.63, 3.8) is 0 Å². The fourth-order valence-electron chi connectivity index (χ4n) is 3.99. The zero-order chi connectivity index (χ0) is 25.4. The van der Waals surface area contributed by atoms with Crippen molar-refractivity contribution in [2.75, 3.05) is 26.4 Å². The van der Waals surface area contributed by atoms with Gasteiger partial charge in [-0.15, -0.1) is 0 Å². The lowest BCUT2D eigenvalue weighted by molar-refractivity contribution is -0.0410. The van der Waals surface area contributed by atoms with Gasteiger partial charge >= 0.3 is 6.09 Å². The van der Waals surface area contributed by atoms with Crippen LogP contribution in [0.2, 0.25) is 25.7 Å². The first-order valence-electron chi connectivity index (χ1n) is 11.9. The SMILES string of the molecule is CC(C)(C)OC(=O)N1CC(CF)(n2cc(-c3ncnc4c3ccn4COCC[Si](C)(C)C)cn2)C1. The highest BCUT2D eigenvalue weighted by atomic mass is 28.3. The Balaban J connectivity index is 1.48. The summed E-state index contributed by atoms with van der Waals surface area (Å²) in [7, 11) is -1.15. The van der Waals surface area contributed by atoms with E-state index < -0.39 is 32.0 Å². The minimum atomic E-state index is -1.15. The van der Waals surface area contributed by atoms with E-state index in [0.29, 0.717) is 6.73 Å². The molecule has 0 aromatic carbocycles. The maximum Gasteiger partial charge on any atom is 0.410 e. The number of amides is 1. The highest BCUT2D eigenvalue weighted by Crippen LogP contribution is 2.33. The summed E-state index contributed by atoms with van der Waals surface area (Å²) in [6, 6.07) is 3.07. The Kier molecular flexibility index (Phi) is 6.75. The molecule has 0 unspecified atom stereocenters. The molecule has 0 aliphatic carbocycles. The Labute approximate surface area is 206 Å². The van der Waals surface area contributed by atoms with E-state index in [1.807, 2.05) is 37.6 Å². The molecule has 0 radical (unpaired) electrons. The molecule has 1 aliphatic heterocycles. The number of halogens is 1. The molecule has 3 aromatic heterocycles. The van der Waals surface area contributed by atoms with E-state index in [0.717, 1.165) is 34.9 Å². The number of rotatable bonds is 8. The van der Waals surface area contributed by atoms with Crippen LogP contribution >= 0.6 is 0 Å². The van der Waals surface area contributed by atoms with E-state index in [1.165, 1.54) is 11.2 Å². The Morgan fingerprint density at radius 1 is 1.23 bits per heavy atom. The number of fused-ring (bicyclic) bond motifs is 1. The quantitative estimate of drug-likeness (QED) is 0.332. The molecule has 3 aromatic rings. The van der Waals surface area contributed by atoms with Gasteiger partial charge in [-0.1, -0.05) is 19.6 Å². The molecule has 11 heteroatoms. The van der Waals surface area contributed by atoms with E-state index in [1.54, 1.807) is 17.1 Å². The molecule has 190 valence electrons. The average Bonchev–Trinajstić information content (AvgIpc) is 3.37. The van der Waals surface area contributed by atoms with Gasteiger partial charge in [0.25, 0.3) is 0 Å². The van der Waals surface area contributed by atoms with Crippen LogP contribution in [0.3, 0.4) is 0 Å². The first-order valence-corrected chi connectivity index (χ1v) is 15.6. The number of carbonyl (C=O) groups excluding carboxylic acids is 1. The van der Waals surface area contributed by atoms with Gasteiger partial charge in [-0.2, -0.15) is 5.10 Å². The highest BCUT2D eigenvalue weighted by Gasteiger charge is 2.49. The lowest BCUT2D eigenvalue weighted by Crippen LogP contribution is -2.66. The number of hydrogen-bond donors (Lipinski definition) is 0. The summed E-state index contributed by atoms with van der Waals surface area (Å²) in [5.41, 5.74) is 0.753. The Morgan fingerprint density at radius 2 is 1.97 bits per heavy atom. The van der Waals surface area contributed by atoms with E-state index >= 15 is 0 Å². The van der Waals surface area contributed by atoms with Gasteiger partial charge in [0.1, 0.15) is 36.5 Å². The fraction of sp³-hybridized carbons (Fsp3) is 0.583. The monoisotopic (exact) mass is 502 g/mol. The Hall–Kier alpha value is -2.79. The lowest BCUT2D eigenvalue weighted by atomic mass is 9.92. The maximum atomic E-state index is 14.2. The second-order valence-electron chi connectivity index (χ2n) is 11.5. The number of nitrogens with zero attached hydrogens (tertiary/aromatic N) is 6. The van der Waals surface area contributed by atoms with Crippen LogP contribution in [-0.4, -0.2) is 75.4 Å². The number of hydrogen-bond acceptors (Lipinski definition) is 6. The summed E-state index contributed by atoms with van der Waals surface area (Å²) >= 11 is 0. The largest absolute Gasteiger partial charge is 0.444 e. The van der Waals surface area contributed by atoms with Crippen LogP contribution in [0, 0.1) is 0 Å². The van der Waals surface area contributed by atoms with Crippen molar-refractivity contribution in [1.29, 1.82) is 0 Å². The summed E-state index contributed by atoms with van der Waals surface area (Å²) in [5, 5.41) is 5.31. The van der Waals surface area contributed by atoms with Gasteiger partial charge in [0.05, 0.1) is 25.0 Å². The third-order valence-corrected chi connectivity index (χ3v) is 7.70. The number of ether oxygens (including phenoxy) is 2. The average molecular weight is 503 g/mol. The molecule has 0 N–H and O–H groups in total. The molecule has 35 heavy (non-hydrogen) atoms. The molecule has 0 saturated carbocycles. The summed E-state index contributed by atoms with van der Waals surface area (Å²) in [4.78, 5) is 22.7. The first-order chi connectivity index (χ1) is 16.4. The molecule has 9 nitrogen and oxygen atoms in total. The van der Waals surface area contributed by atoms with E-state index in [2.05, 4.69) is 34.7 Å². The van der Waals surface area contributed by atoms with Gasteiger partial charge in [0, 0.05) is 38.0 Å². The molecular weight excluding hydrogens is 467 g/mol. The zero-order valence-electron chi connectivity index (χ0n) is 21.4. The second-order valence-corrected chi connectivity index (χ2v) is 17.1. The standard InChI is InChI=1S/C24H35FN6O3Si/c1-23(2,3)34-22(32)30-14-24(13-25,15-30)31-12-18(11-28-31)20-19-7-8-29(21(19)27-16-26-20)17-33-9-10-35(4,5)6/h7-8,11-12,16H,9-10,13-15,17H2,1-6H3. The molecule has 1 saturated heterocycles. The van der Waals surface area contributed by atoms with Crippen LogP contribution in [0.15, 0.2) is 31.0 Å². The van der Waals surface area contributed by atoms with Gasteiger partial charge in [-0.05, 0) is 32.9 Å². The van der Waals surface area contributed by atoms with Crippen LogP contribution in [0.5, 0.6) is 0 Å². The number of carbonyl (C=O) groups is 1. The molecule has 1 aliphatic rings. The van der Waals surface area contributed by atoms with Crippen LogP contribution < -0.4 is 0 Å². The van der Waals surface area contributed by atoms with Gasteiger partial charge in [0.2, 0.25) is 0 Å². The Morgan fingerprint density at radius 3 is 2.63 bits per heavy atom. The van der Waals surface area contributed by atoms with Crippen LogP contribution in [0.1, 0.15) is 20.8 Å². The third kappa shape index (κ3) is 5.56. The minimum absolute atomic E-state index is 0.198. The maximum absolute atomic E-state index is 14.2. The predicted octanol–water partition coefficient (Wildman–Crippen LogP) is 4.52. The van der Waals surface area contributed by atoms with Crippen LogP contribution in [0.4, 0.5) is 9.18 Å². The summed E-state index contributed by atoms with van der Waals surface area (Å²) in [6.45, 7) is 13.3. The van der Waals surface area contributed by atoms with Crippen molar-refractivity contribution >= 4 is 25.2 Å². The van der Waals surface area contributed by atoms with Gasteiger partial charge in [-0.3, -0.25) is 4.68 Å². The van der Waals surface area contributed by atoms with E-state index in [4.69, 9.17) is 9.47 Å². The van der Waals surface area contributed by atoms with Crippen molar-refractivity contribution in [2.45, 2.75) is 64.3 Å². The van der Waals surface area contributed by atoms with Crippen molar-refractivity contribution in [3.05, 3.63) is 31.0 Å². The Bertz CT molecular complexity index is 1190. The molecule has 4 rings (SSSR count). The smallest absolute Gasteiger partial charge is 0.410 e. The molecule has 0 spiro atoms. The molecule has 1 fully saturated rings. The van der Waals surface area contributed by atoms with Gasteiger partial charge in [-0.25, -0.2) is 19.2 Å². The molecule has 4 heterocycles. The minimum Gasteiger partial charge on any atom is -0.444 e. The number of alkyl halides is 1. The summed E-state index contributed by atoms with van der Waals surface area (Å²) in [6.07, 6.45) is 6.48. The first kappa shape index (κ1) is 25.3.